The number of ketones is 1. The molecule has 0 unspecified atom stereocenters. The molecule has 0 amide bonds. The summed E-state index contributed by atoms with van der Waals surface area (Å²) in [7, 11) is 1.46. The average Bonchev–Trinajstić information content (AvgIpc) is 2.31. The lowest BCUT2D eigenvalue weighted by molar-refractivity contribution is 0.106. The second kappa shape index (κ2) is 5.28. The van der Waals surface area contributed by atoms with Gasteiger partial charge in [0.1, 0.15) is 11.8 Å². The Bertz CT molecular complexity index is 491. The molecule has 0 aromatic heterocycles. The molecule has 0 aliphatic heterocycles. The number of oxime groups is 1. The summed E-state index contributed by atoms with van der Waals surface area (Å²) in [6.07, 6.45) is 0. The van der Waals surface area contributed by atoms with Crippen LogP contribution in [0.25, 0.3) is 0 Å². The predicted molar refractivity (Wildman–Crippen MR) is 59.9 cm³/mol. The fourth-order valence-electron chi connectivity index (χ4n) is 1.05. The Morgan fingerprint density at radius 2 is 2.31 bits per heavy atom. The van der Waals surface area contributed by atoms with Crippen molar-refractivity contribution >= 4 is 27.4 Å². The van der Waals surface area contributed by atoms with E-state index >= 15 is 0 Å². The van der Waals surface area contributed by atoms with Crippen molar-refractivity contribution in [2.75, 3.05) is 7.11 Å². The maximum absolute atomic E-state index is 11.7. The van der Waals surface area contributed by atoms with Gasteiger partial charge in [0.15, 0.2) is 0 Å². The maximum Gasteiger partial charge on any atom is 0.227 e. The largest absolute Gasteiger partial charge is 0.497 e. The van der Waals surface area contributed by atoms with Crippen LogP contribution in [0.15, 0.2) is 27.8 Å². The SMILES string of the molecule is COc1ccc(Br)c(C(=O)/C(C#N)=N\O)c1. The quantitative estimate of drug-likeness (QED) is 0.398. The highest BCUT2D eigenvalue weighted by molar-refractivity contribution is 9.10. The number of hydrogen-bond acceptors (Lipinski definition) is 5. The van der Waals surface area contributed by atoms with E-state index in [4.69, 9.17) is 15.2 Å². The standard InChI is InChI=1S/C10H7BrN2O3/c1-16-6-2-3-8(11)7(4-6)10(14)9(5-12)13-15/h2-4,15H,1H3/b13-9-. The number of carbonyl (C=O) groups excluding carboxylic acids is 1. The fourth-order valence-corrected chi connectivity index (χ4v) is 1.48. The molecule has 16 heavy (non-hydrogen) atoms. The summed E-state index contributed by atoms with van der Waals surface area (Å²) < 4.78 is 5.44. The van der Waals surface area contributed by atoms with Crippen LogP contribution in [-0.4, -0.2) is 23.8 Å². The van der Waals surface area contributed by atoms with E-state index in [1.54, 1.807) is 12.1 Å². The lowest BCUT2D eigenvalue weighted by Gasteiger charge is -2.04. The summed E-state index contributed by atoms with van der Waals surface area (Å²) in [6.45, 7) is 0. The number of benzene rings is 1. The first-order valence-electron chi connectivity index (χ1n) is 4.14. The van der Waals surface area contributed by atoms with E-state index in [1.807, 2.05) is 0 Å². The number of methoxy groups -OCH3 is 1. The number of hydrogen-bond donors (Lipinski definition) is 1. The highest BCUT2D eigenvalue weighted by Crippen LogP contribution is 2.23. The third kappa shape index (κ3) is 2.38. The molecule has 0 aliphatic carbocycles. The molecule has 0 spiro atoms. The summed E-state index contributed by atoms with van der Waals surface area (Å²) in [5.74, 6) is -0.197. The van der Waals surface area contributed by atoms with E-state index < -0.39 is 11.5 Å². The van der Waals surface area contributed by atoms with E-state index in [9.17, 15) is 4.79 Å². The zero-order chi connectivity index (χ0) is 12.1. The third-order valence-corrected chi connectivity index (χ3v) is 2.53. The van der Waals surface area contributed by atoms with Crippen LogP contribution in [0.3, 0.4) is 0 Å². The number of rotatable bonds is 3. The fraction of sp³-hybridized carbons (Fsp3) is 0.100. The molecule has 0 fully saturated rings. The number of carbonyl (C=O) groups is 1. The van der Waals surface area contributed by atoms with Gasteiger partial charge < -0.3 is 9.94 Å². The predicted octanol–water partition coefficient (Wildman–Crippen LogP) is 1.99. The summed E-state index contributed by atoms with van der Waals surface area (Å²) in [5, 5.41) is 19.7. The number of ether oxygens (including phenoxy) is 1. The Morgan fingerprint density at radius 1 is 1.62 bits per heavy atom. The highest BCUT2D eigenvalue weighted by atomic mass is 79.9. The van der Waals surface area contributed by atoms with Crippen LogP contribution < -0.4 is 4.74 Å². The first kappa shape index (κ1) is 12.2. The molecule has 1 aromatic rings. The van der Waals surface area contributed by atoms with Gasteiger partial charge in [0, 0.05) is 10.0 Å². The molecule has 0 bridgehead atoms. The zero-order valence-corrected chi connectivity index (χ0v) is 9.85. The monoisotopic (exact) mass is 282 g/mol. The first-order valence-corrected chi connectivity index (χ1v) is 4.93. The minimum absolute atomic E-state index is 0.203. The second-order valence-electron chi connectivity index (χ2n) is 2.74. The Labute approximate surface area is 100 Å². The summed E-state index contributed by atoms with van der Waals surface area (Å²) in [5.41, 5.74) is -0.373. The maximum atomic E-state index is 11.7. The van der Waals surface area contributed by atoms with E-state index in [0.717, 1.165) is 0 Å². The van der Waals surface area contributed by atoms with Crippen molar-refractivity contribution in [1.82, 2.24) is 0 Å². The van der Waals surface area contributed by atoms with Gasteiger partial charge in [-0.2, -0.15) is 5.26 Å². The molecule has 0 aliphatic rings. The van der Waals surface area contributed by atoms with Crippen LogP contribution in [0.5, 0.6) is 5.75 Å². The number of halogens is 1. The molecular weight excluding hydrogens is 276 g/mol. The van der Waals surface area contributed by atoms with Gasteiger partial charge >= 0.3 is 0 Å². The average molecular weight is 283 g/mol. The molecule has 0 heterocycles. The van der Waals surface area contributed by atoms with E-state index in [2.05, 4.69) is 21.1 Å². The molecule has 5 nitrogen and oxygen atoms in total. The third-order valence-electron chi connectivity index (χ3n) is 1.84. The Morgan fingerprint density at radius 3 is 2.81 bits per heavy atom. The van der Waals surface area contributed by atoms with Gasteiger partial charge in [-0.3, -0.25) is 4.79 Å². The Kier molecular flexibility index (Phi) is 4.03. The molecule has 0 atom stereocenters. The van der Waals surface area contributed by atoms with E-state index in [-0.39, 0.29) is 5.56 Å². The molecule has 0 saturated carbocycles. The van der Waals surface area contributed by atoms with Crippen molar-refractivity contribution in [3.8, 4) is 11.8 Å². The summed E-state index contributed by atoms with van der Waals surface area (Å²) >= 11 is 3.16. The minimum atomic E-state index is -0.671. The zero-order valence-electron chi connectivity index (χ0n) is 8.27. The van der Waals surface area contributed by atoms with Crippen molar-refractivity contribution in [1.29, 1.82) is 5.26 Å². The molecular formula is C10H7BrN2O3. The summed E-state index contributed by atoms with van der Waals surface area (Å²) in [6, 6.07) is 6.22. The van der Waals surface area contributed by atoms with Crippen LogP contribution in [0.4, 0.5) is 0 Å². The van der Waals surface area contributed by atoms with Gasteiger partial charge in [0.2, 0.25) is 11.5 Å². The van der Waals surface area contributed by atoms with Crippen LogP contribution >= 0.6 is 15.9 Å². The molecule has 0 radical (unpaired) electrons. The molecule has 82 valence electrons. The van der Waals surface area contributed by atoms with Gasteiger partial charge in [0.05, 0.1) is 7.11 Å². The first-order chi connectivity index (χ1) is 7.63. The van der Waals surface area contributed by atoms with E-state index in [1.165, 1.54) is 19.2 Å². The van der Waals surface area contributed by atoms with Crippen molar-refractivity contribution in [2.24, 2.45) is 5.16 Å². The second-order valence-corrected chi connectivity index (χ2v) is 3.59. The number of nitrogens with zero attached hydrogens (tertiary/aromatic N) is 2. The van der Waals surface area contributed by atoms with Crippen molar-refractivity contribution in [3.63, 3.8) is 0 Å². The van der Waals surface area contributed by atoms with E-state index in [0.29, 0.717) is 10.2 Å². The van der Waals surface area contributed by atoms with Crippen LogP contribution in [-0.2, 0) is 0 Å². The van der Waals surface area contributed by atoms with Crippen LogP contribution in [0, 0.1) is 11.3 Å². The lowest BCUT2D eigenvalue weighted by Crippen LogP contribution is -2.13. The lowest BCUT2D eigenvalue weighted by atomic mass is 10.1. The van der Waals surface area contributed by atoms with Gasteiger partial charge in [-0.05, 0) is 18.2 Å². The van der Waals surface area contributed by atoms with Crippen molar-refractivity contribution in [2.45, 2.75) is 0 Å². The number of nitriles is 1. The van der Waals surface area contributed by atoms with Gasteiger partial charge in [-0.25, -0.2) is 0 Å². The smallest absolute Gasteiger partial charge is 0.227 e. The van der Waals surface area contributed by atoms with Gasteiger partial charge in [-0.15, -0.1) is 0 Å². The van der Waals surface area contributed by atoms with Crippen molar-refractivity contribution in [3.05, 3.63) is 28.2 Å². The van der Waals surface area contributed by atoms with Crippen LogP contribution in [0.1, 0.15) is 10.4 Å². The molecule has 1 aromatic carbocycles. The normalized spacial score (nSPS) is 10.7. The summed E-state index contributed by atoms with van der Waals surface area (Å²) in [4.78, 5) is 11.7. The minimum Gasteiger partial charge on any atom is -0.497 e. The molecule has 6 heteroatoms. The molecule has 1 N–H and O–H groups in total. The molecule has 0 saturated heterocycles. The van der Waals surface area contributed by atoms with Gasteiger partial charge in [0.25, 0.3) is 0 Å². The molecule has 1 rings (SSSR count). The highest BCUT2D eigenvalue weighted by Gasteiger charge is 2.18. The Hall–Kier alpha value is -1.87. The van der Waals surface area contributed by atoms with Crippen molar-refractivity contribution < 1.29 is 14.7 Å². The Balaban J connectivity index is 3.23. The van der Waals surface area contributed by atoms with Crippen LogP contribution in [0.2, 0.25) is 0 Å². The topological polar surface area (TPSA) is 82.7 Å². The van der Waals surface area contributed by atoms with Gasteiger partial charge in [-0.1, -0.05) is 21.1 Å². The number of Topliss-reactive ketones (excluding diaryl/α,β-unsaturated/α-hetero) is 1.